The van der Waals surface area contributed by atoms with Crippen LogP contribution >= 0.6 is 0 Å². The lowest BCUT2D eigenvalue weighted by Gasteiger charge is -2.47. The molecule has 160 valence electrons. The number of nitrogens with zero attached hydrogens (tertiary/aromatic N) is 2. The van der Waals surface area contributed by atoms with Crippen molar-refractivity contribution in [2.45, 2.75) is 64.0 Å². The van der Waals surface area contributed by atoms with E-state index in [1.807, 2.05) is 31.2 Å². The number of rotatable bonds is 5. The third kappa shape index (κ3) is 4.64. The van der Waals surface area contributed by atoms with Crippen molar-refractivity contribution >= 4 is 27.5 Å². The summed E-state index contributed by atoms with van der Waals surface area (Å²) in [5, 5.41) is 3.09. The average Bonchev–Trinajstić information content (AvgIpc) is 2.68. The van der Waals surface area contributed by atoms with Gasteiger partial charge in [-0.15, -0.1) is 0 Å². The van der Waals surface area contributed by atoms with Gasteiger partial charge >= 0.3 is 0 Å². The summed E-state index contributed by atoms with van der Waals surface area (Å²) in [6, 6.07) is 7.61. The summed E-state index contributed by atoms with van der Waals surface area (Å²) in [5.74, 6) is -0.696. The van der Waals surface area contributed by atoms with Crippen LogP contribution in [-0.2, 0) is 26.0 Å². The number of amides is 2. The Morgan fingerprint density at radius 3 is 2.34 bits per heavy atom. The lowest BCUT2D eigenvalue weighted by atomic mass is 9.91. The van der Waals surface area contributed by atoms with E-state index >= 15 is 0 Å². The van der Waals surface area contributed by atoms with Crippen LogP contribution in [0.25, 0.3) is 0 Å². The summed E-state index contributed by atoms with van der Waals surface area (Å²) in [6.07, 6.45) is 7.07. The molecule has 2 amide bonds. The number of piperazine rings is 1. The molecule has 0 spiro atoms. The van der Waals surface area contributed by atoms with Gasteiger partial charge in [0.25, 0.3) is 0 Å². The zero-order chi connectivity index (χ0) is 21.2. The van der Waals surface area contributed by atoms with E-state index in [4.69, 9.17) is 0 Å². The van der Waals surface area contributed by atoms with Crippen molar-refractivity contribution < 1.29 is 18.0 Å². The van der Waals surface area contributed by atoms with Gasteiger partial charge in [0.05, 0.1) is 12.8 Å². The molecule has 7 nitrogen and oxygen atoms in total. The van der Waals surface area contributed by atoms with Crippen LogP contribution in [-0.4, -0.2) is 55.5 Å². The van der Waals surface area contributed by atoms with E-state index in [0.717, 1.165) is 48.2 Å². The van der Waals surface area contributed by atoms with E-state index in [2.05, 4.69) is 5.32 Å². The van der Waals surface area contributed by atoms with Crippen LogP contribution in [0, 0.1) is 0 Å². The van der Waals surface area contributed by atoms with E-state index in [-0.39, 0.29) is 25.0 Å². The standard InChI is InChI=1S/C21H31N3O4S/c1-4-16-10-12-18(13-11-16)24-19(25)14-23(29(3,27)28)15-21(24,2)20(26)22-17-8-6-5-7-9-17/h10-13,17H,4-9,14-15H2,1-3H3,(H,22,26). The highest BCUT2D eigenvalue weighted by atomic mass is 32.2. The minimum Gasteiger partial charge on any atom is -0.351 e. The molecule has 1 unspecified atom stereocenters. The molecule has 0 aromatic heterocycles. The van der Waals surface area contributed by atoms with Crippen molar-refractivity contribution in [1.82, 2.24) is 9.62 Å². The second-order valence-electron chi connectivity index (χ2n) is 8.36. The Labute approximate surface area is 173 Å². The van der Waals surface area contributed by atoms with Gasteiger partial charge in [-0.1, -0.05) is 38.3 Å². The van der Waals surface area contributed by atoms with Crippen molar-refractivity contribution in [2.24, 2.45) is 0 Å². The lowest BCUT2D eigenvalue weighted by Crippen LogP contribution is -2.70. The number of nitrogens with one attached hydrogen (secondary N) is 1. The Morgan fingerprint density at radius 1 is 1.17 bits per heavy atom. The number of anilines is 1. The topological polar surface area (TPSA) is 86.8 Å². The monoisotopic (exact) mass is 421 g/mol. The predicted molar refractivity (Wildman–Crippen MR) is 113 cm³/mol. The van der Waals surface area contributed by atoms with E-state index in [1.54, 1.807) is 6.92 Å². The molecule has 1 aromatic carbocycles. The number of carbonyl (C=O) groups is 2. The molecule has 1 saturated heterocycles. The molecule has 1 aliphatic carbocycles. The molecule has 2 fully saturated rings. The number of carbonyl (C=O) groups excluding carboxylic acids is 2. The number of hydrogen-bond acceptors (Lipinski definition) is 4. The van der Waals surface area contributed by atoms with Gasteiger partial charge < -0.3 is 5.32 Å². The number of hydrogen-bond donors (Lipinski definition) is 1. The summed E-state index contributed by atoms with van der Waals surface area (Å²) in [6.45, 7) is 3.38. The fraction of sp³-hybridized carbons (Fsp3) is 0.619. The van der Waals surface area contributed by atoms with Crippen LogP contribution in [0.15, 0.2) is 24.3 Å². The first-order valence-corrected chi connectivity index (χ1v) is 12.2. The first kappa shape index (κ1) is 21.8. The molecule has 1 aliphatic heterocycles. The predicted octanol–water partition coefficient (Wildman–Crippen LogP) is 2.06. The van der Waals surface area contributed by atoms with E-state index in [0.29, 0.717) is 5.69 Å². The van der Waals surface area contributed by atoms with E-state index in [9.17, 15) is 18.0 Å². The Kier molecular flexibility index (Phi) is 6.33. The van der Waals surface area contributed by atoms with Crippen LogP contribution in [0.5, 0.6) is 0 Å². The normalized spacial score (nSPS) is 24.5. The molecule has 1 saturated carbocycles. The summed E-state index contributed by atoms with van der Waals surface area (Å²) in [4.78, 5) is 27.9. The summed E-state index contributed by atoms with van der Waals surface area (Å²) >= 11 is 0. The highest BCUT2D eigenvalue weighted by molar-refractivity contribution is 7.88. The fourth-order valence-corrected chi connectivity index (χ4v) is 5.10. The van der Waals surface area contributed by atoms with Crippen LogP contribution in [0.4, 0.5) is 5.69 Å². The van der Waals surface area contributed by atoms with Crippen LogP contribution in [0.2, 0.25) is 0 Å². The van der Waals surface area contributed by atoms with Gasteiger partial charge in [-0.2, -0.15) is 4.31 Å². The second-order valence-corrected chi connectivity index (χ2v) is 10.3. The van der Waals surface area contributed by atoms with Gasteiger partial charge in [0.1, 0.15) is 5.54 Å². The maximum absolute atomic E-state index is 13.4. The number of benzene rings is 1. The highest BCUT2D eigenvalue weighted by Crippen LogP contribution is 2.31. The maximum Gasteiger partial charge on any atom is 0.247 e. The minimum absolute atomic E-state index is 0.0638. The molecule has 2 aliphatic rings. The molecule has 1 aromatic rings. The Bertz CT molecular complexity index is 862. The van der Waals surface area contributed by atoms with Crippen LogP contribution < -0.4 is 10.2 Å². The zero-order valence-corrected chi connectivity index (χ0v) is 18.3. The summed E-state index contributed by atoms with van der Waals surface area (Å²) in [7, 11) is -3.61. The van der Waals surface area contributed by atoms with Gasteiger partial charge in [-0.25, -0.2) is 8.42 Å². The van der Waals surface area contributed by atoms with Crippen molar-refractivity contribution in [1.29, 1.82) is 0 Å². The summed E-state index contributed by atoms with van der Waals surface area (Å²) < 4.78 is 25.5. The Balaban J connectivity index is 1.96. The molecular weight excluding hydrogens is 390 g/mol. The molecule has 0 bridgehead atoms. The Hall–Kier alpha value is -1.93. The first-order valence-electron chi connectivity index (χ1n) is 10.3. The smallest absolute Gasteiger partial charge is 0.247 e. The molecule has 3 rings (SSSR count). The van der Waals surface area contributed by atoms with Crippen molar-refractivity contribution in [2.75, 3.05) is 24.2 Å². The van der Waals surface area contributed by atoms with Gasteiger partial charge in [0.15, 0.2) is 0 Å². The van der Waals surface area contributed by atoms with E-state index in [1.165, 1.54) is 11.3 Å². The van der Waals surface area contributed by atoms with Gasteiger partial charge in [0.2, 0.25) is 21.8 Å². The number of aryl methyl sites for hydroxylation is 1. The molecule has 1 atom stereocenters. The average molecular weight is 422 g/mol. The minimum atomic E-state index is -3.61. The van der Waals surface area contributed by atoms with Crippen LogP contribution in [0.1, 0.15) is 51.5 Å². The largest absolute Gasteiger partial charge is 0.351 e. The van der Waals surface area contributed by atoms with Crippen molar-refractivity contribution in [3.8, 4) is 0 Å². The number of sulfonamides is 1. The van der Waals surface area contributed by atoms with Gasteiger partial charge in [-0.3, -0.25) is 14.5 Å². The molecular formula is C21H31N3O4S. The molecule has 1 heterocycles. The third-order valence-corrected chi connectivity index (χ3v) is 7.24. The van der Waals surface area contributed by atoms with Crippen LogP contribution in [0.3, 0.4) is 0 Å². The molecule has 8 heteroatoms. The van der Waals surface area contributed by atoms with Crippen molar-refractivity contribution in [3.63, 3.8) is 0 Å². The highest BCUT2D eigenvalue weighted by Gasteiger charge is 2.50. The maximum atomic E-state index is 13.4. The van der Waals surface area contributed by atoms with Crippen molar-refractivity contribution in [3.05, 3.63) is 29.8 Å². The van der Waals surface area contributed by atoms with Gasteiger partial charge in [0, 0.05) is 18.3 Å². The molecule has 1 N–H and O–H groups in total. The first-order chi connectivity index (χ1) is 13.6. The molecule has 29 heavy (non-hydrogen) atoms. The Morgan fingerprint density at radius 2 is 1.79 bits per heavy atom. The SMILES string of the molecule is CCc1ccc(N2C(=O)CN(S(C)(=O)=O)CC2(C)C(=O)NC2CCCCC2)cc1. The quantitative estimate of drug-likeness (QED) is 0.788. The molecule has 0 radical (unpaired) electrons. The third-order valence-electron chi connectivity index (χ3n) is 6.04. The fourth-order valence-electron chi connectivity index (χ4n) is 4.27. The second kappa shape index (κ2) is 8.44. The van der Waals surface area contributed by atoms with Gasteiger partial charge in [-0.05, 0) is 43.9 Å². The van der Waals surface area contributed by atoms with E-state index < -0.39 is 21.5 Å². The lowest BCUT2D eigenvalue weighted by molar-refractivity contribution is -0.133. The zero-order valence-electron chi connectivity index (χ0n) is 17.5. The summed E-state index contributed by atoms with van der Waals surface area (Å²) in [5.41, 5.74) is 0.426.